The van der Waals surface area contributed by atoms with Gasteiger partial charge < -0.3 is 0 Å². The monoisotopic (exact) mass is 224 g/mol. The Labute approximate surface area is 54.1 Å². The SMILES string of the molecule is O=[Se]([O-])([O-])=S.[Zn+2]. The van der Waals surface area contributed by atoms with Crippen LogP contribution < -0.4 is 8.38 Å². The minimum absolute atomic E-state index is 0. The molecule has 6 heteroatoms. The summed E-state index contributed by atoms with van der Waals surface area (Å²) in [4.78, 5) is 0. The van der Waals surface area contributed by atoms with E-state index in [1.165, 1.54) is 0 Å². The van der Waals surface area contributed by atoms with E-state index in [1.54, 1.807) is 0 Å². The van der Waals surface area contributed by atoms with Crippen LogP contribution in [0, 0.1) is 0 Å². The largest absolute Gasteiger partial charge is 2.00 e. The zero-order valence-electron chi connectivity index (χ0n) is 2.75. The Bertz CT molecular complexity index is 94.0. The zero-order valence-corrected chi connectivity index (χ0v) is 8.25. The van der Waals surface area contributed by atoms with E-state index in [9.17, 15) is 0 Å². The van der Waals surface area contributed by atoms with Crippen LogP contribution in [0.3, 0.4) is 0 Å². The molecule has 0 aliphatic heterocycles. The van der Waals surface area contributed by atoms with Gasteiger partial charge in [-0.05, 0) is 0 Å². The Morgan fingerprint density at radius 1 is 1.50 bits per heavy atom. The van der Waals surface area contributed by atoms with Crippen LogP contribution in [0.5, 0.6) is 0 Å². The quantitative estimate of drug-likeness (QED) is 0.437. The van der Waals surface area contributed by atoms with Gasteiger partial charge in [0.2, 0.25) is 0 Å². The first kappa shape index (κ1) is 10.1. The van der Waals surface area contributed by atoms with Crippen LogP contribution >= 0.6 is 10.6 Å². The van der Waals surface area contributed by atoms with Gasteiger partial charge in [0, 0.05) is 0 Å². The van der Waals surface area contributed by atoms with Gasteiger partial charge in [-0.2, -0.15) is 0 Å². The van der Waals surface area contributed by atoms with E-state index < -0.39 is 11.8 Å². The number of hydrogen-bond acceptors (Lipinski definition) is 4. The Balaban J connectivity index is 0. The Morgan fingerprint density at radius 3 is 1.50 bits per heavy atom. The topological polar surface area (TPSA) is 63.2 Å². The first-order chi connectivity index (χ1) is 2.00. The second kappa shape index (κ2) is 3.13. The minimum atomic E-state index is -4.92. The molecule has 32 valence electrons. The van der Waals surface area contributed by atoms with Crippen molar-refractivity contribution in [1.29, 1.82) is 0 Å². The van der Waals surface area contributed by atoms with Crippen LogP contribution in [0.25, 0.3) is 0 Å². The van der Waals surface area contributed by atoms with Crippen molar-refractivity contribution in [3.63, 3.8) is 0 Å². The standard InChI is InChI=1S/H2O3SSe.Zn/c1-5(2,3)4;/h(H2,1,2,3,4);/q;+2/p-2. The van der Waals surface area contributed by atoms with Gasteiger partial charge in [0.1, 0.15) is 0 Å². The maximum absolute atomic E-state index is 8.96. The van der Waals surface area contributed by atoms with Crippen molar-refractivity contribution in [2.45, 2.75) is 0 Å². The van der Waals surface area contributed by atoms with Crippen LogP contribution in [-0.4, -0.2) is 11.8 Å². The zero-order chi connectivity index (χ0) is 4.50. The van der Waals surface area contributed by atoms with Crippen LogP contribution in [0.15, 0.2) is 0 Å². The molecule has 0 spiro atoms. The summed E-state index contributed by atoms with van der Waals surface area (Å²) in [6, 6.07) is 0. The van der Waals surface area contributed by atoms with Crippen molar-refractivity contribution in [2.75, 3.05) is 0 Å². The molecule has 0 aromatic carbocycles. The molecule has 0 unspecified atom stereocenters. The van der Waals surface area contributed by atoms with E-state index >= 15 is 0 Å². The molecule has 0 amide bonds. The van der Waals surface area contributed by atoms with Gasteiger partial charge in [-0.15, -0.1) is 0 Å². The van der Waals surface area contributed by atoms with Crippen molar-refractivity contribution >= 4 is 22.4 Å². The summed E-state index contributed by atoms with van der Waals surface area (Å²) in [5.74, 6) is 0. The molecule has 0 saturated heterocycles. The molecular formula is O3SSeZn. The molecule has 0 atom stereocenters. The van der Waals surface area contributed by atoms with Gasteiger partial charge in [-0.25, -0.2) is 0 Å². The summed E-state index contributed by atoms with van der Waals surface area (Å²) in [5, 5.41) is 0. The fraction of sp³-hybridized carbons (Fsp3) is 0. The molecule has 0 aliphatic rings. The first-order valence-electron chi connectivity index (χ1n) is 0.667. The molecular weight excluding hydrogens is 224 g/mol. The minimum Gasteiger partial charge on any atom is 2.00 e. The van der Waals surface area contributed by atoms with E-state index in [2.05, 4.69) is 10.6 Å². The summed E-state index contributed by atoms with van der Waals surface area (Å²) in [7, 11) is 3.32. The number of hydrogen-bond donors (Lipinski definition) is 0. The Kier molecular flexibility index (Phi) is 5.30. The van der Waals surface area contributed by atoms with E-state index in [4.69, 9.17) is 12.2 Å². The van der Waals surface area contributed by atoms with Gasteiger partial charge >= 0.3 is 54.1 Å². The maximum atomic E-state index is 8.96. The average molecular weight is 224 g/mol. The molecule has 0 fully saturated rings. The molecule has 3 nitrogen and oxygen atoms in total. The smallest absolute Gasteiger partial charge is 2.00 e. The van der Waals surface area contributed by atoms with Gasteiger partial charge in [0.15, 0.2) is 0 Å². The summed E-state index contributed by atoms with van der Waals surface area (Å²) >= 11 is -4.92. The molecule has 0 radical (unpaired) electrons. The molecule has 0 aromatic heterocycles. The second-order valence-electron chi connectivity index (χ2n) is 0.408. The number of rotatable bonds is 0. The molecule has 0 rings (SSSR count). The molecule has 0 aromatic rings. The third-order valence-electron chi connectivity index (χ3n) is 0. The molecule has 0 aliphatic carbocycles. The maximum Gasteiger partial charge on any atom is 2.00 e. The Morgan fingerprint density at radius 2 is 1.50 bits per heavy atom. The molecule has 0 heterocycles. The van der Waals surface area contributed by atoms with Gasteiger partial charge in [-0.3, -0.25) is 0 Å². The molecule has 6 heavy (non-hydrogen) atoms. The van der Waals surface area contributed by atoms with E-state index in [-0.39, 0.29) is 19.5 Å². The normalized spacial score (nSPS) is 9.67. The third-order valence-corrected chi connectivity index (χ3v) is 0. The van der Waals surface area contributed by atoms with Crippen molar-refractivity contribution < 1.29 is 31.7 Å². The fourth-order valence-electron chi connectivity index (χ4n) is 0. The van der Waals surface area contributed by atoms with Crippen molar-refractivity contribution in [3.8, 4) is 0 Å². The van der Waals surface area contributed by atoms with Gasteiger partial charge in [-0.1, -0.05) is 0 Å². The van der Waals surface area contributed by atoms with Gasteiger partial charge in [0.05, 0.1) is 0 Å². The summed E-state index contributed by atoms with van der Waals surface area (Å²) in [5.41, 5.74) is 0. The van der Waals surface area contributed by atoms with Crippen molar-refractivity contribution in [1.82, 2.24) is 0 Å². The summed E-state index contributed by atoms with van der Waals surface area (Å²) in [6.07, 6.45) is 0. The average Bonchev–Trinajstić information content (AvgIpc) is 0.722. The van der Waals surface area contributed by atoms with E-state index in [0.29, 0.717) is 0 Å². The Hall–Kier alpha value is 1.08. The molecule has 0 saturated carbocycles. The van der Waals surface area contributed by atoms with Crippen molar-refractivity contribution in [3.05, 3.63) is 0 Å². The summed E-state index contributed by atoms with van der Waals surface area (Å²) < 4.78 is 26.9. The predicted octanol–water partition coefficient (Wildman–Crippen LogP) is -2.23. The fourth-order valence-corrected chi connectivity index (χ4v) is 0. The molecule has 0 bridgehead atoms. The molecule has 0 N–H and O–H groups in total. The summed E-state index contributed by atoms with van der Waals surface area (Å²) in [6.45, 7) is 0. The van der Waals surface area contributed by atoms with Crippen LogP contribution in [0.2, 0.25) is 0 Å². The van der Waals surface area contributed by atoms with Gasteiger partial charge in [0.25, 0.3) is 0 Å². The first-order valence-corrected chi connectivity index (χ1v) is 5.20. The van der Waals surface area contributed by atoms with E-state index in [0.717, 1.165) is 0 Å². The van der Waals surface area contributed by atoms with Crippen molar-refractivity contribution in [2.24, 2.45) is 0 Å². The van der Waals surface area contributed by atoms with Crippen LogP contribution in [0.1, 0.15) is 0 Å². The van der Waals surface area contributed by atoms with Crippen LogP contribution in [0.4, 0.5) is 0 Å². The third kappa shape index (κ3) is 72.3. The van der Waals surface area contributed by atoms with E-state index in [1.807, 2.05) is 0 Å². The predicted molar refractivity (Wildman–Crippen MR) is 14.0 cm³/mol. The van der Waals surface area contributed by atoms with Crippen LogP contribution in [-0.2, 0) is 23.3 Å². The second-order valence-corrected chi connectivity index (χ2v) is 4.24.